The average Bonchev–Trinajstić information content (AvgIpc) is 2.89. The van der Waals surface area contributed by atoms with Crippen molar-refractivity contribution in [3.05, 3.63) is 0 Å². The normalized spacial score (nSPS) is 28.6. The number of carbonyl (C=O) groups excluding carboxylic acids is 1. The highest BCUT2D eigenvalue weighted by atomic mass is 16.4. The summed E-state index contributed by atoms with van der Waals surface area (Å²) in [6.07, 6.45) is 1.31. The van der Waals surface area contributed by atoms with E-state index in [4.69, 9.17) is 5.11 Å². The molecule has 0 aromatic heterocycles. The molecule has 2 fully saturated rings. The van der Waals surface area contributed by atoms with Gasteiger partial charge < -0.3 is 20.2 Å². The zero-order valence-corrected chi connectivity index (χ0v) is 12.2. The van der Waals surface area contributed by atoms with Gasteiger partial charge in [0.25, 0.3) is 0 Å². The van der Waals surface area contributed by atoms with Crippen molar-refractivity contribution in [3.63, 3.8) is 0 Å². The fourth-order valence-electron chi connectivity index (χ4n) is 2.90. The van der Waals surface area contributed by atoms with Crippen molar-refractivity contribution < 1.29 is 14.7 Å². The van der Waals surface area contributed by atoms with Gasteiger partial charge in [0.1, 0.15) is 6.04 Å². The van der Waals surface area contributed by atoms with Gasteiger partial charge in [-0.1, -0.05) is 0 Å². The topological polar surface area (TPSA) is 76.1 Å². The van der Waals surface area contributed by atoms with Crippen LogP contribution in [0.1, 0.15) is 12.8 Å². The third kappa shape index (κ3) is 3.40. The maximum Gasteiger partial charge on any atom is 0.326 e. The Hall–Kier alpha value is -1.34. The van der Waals surface area contributed by atoms with Gasteiger partial charge >= 0.3 is 12.0 Å². The molecule has 2 atom stereocenters. The van der Waals surface area contributed by atoms with Crippen molar-refractivity contribution in [2.24, 2.45) is 0 Å². The molecule has 2 N–H and O–H groups in total. The number of hydrogen-bond donors (Lipinski definition) is 2. The lowest BCUT2D eigenvalue weighted by Gasteiger charge is -2.38. The largest absolute Gasteiger partial charge is 0.480 e. The first-order valence-corrected chi connectivity index (χ1v) is 7.15. The molecule has 2 aliphatic rings. The van der Waals surface area contributed by atoms with Gasteiger partial charge in [-0.25, -0.2) is 9.59 Å². The molecule has 0 aromatic carbocycles. The van der Waals surface area contributed by atoms with E-state index in [1.165, 1.54) is 4.90 Å². The van der Waals surface area contributed by atoms with Crippen LogP contribution in [0.2, 0.25) is 0 Å². The van der Waals surface area contributed by atoms with Crippen molar-refractivity contribution in [3.8, 4) is 0 Å². The monoisotopic (exact) mass is 284 g/mol. The van der Waals surface area contributed by atoms with Gasteiger partial charge in [-0.3, -0.25) is 4.90 Å². The standard InChI is InChI=1S/C13H24N4O3/c1-15-6-7-16(2)10(9-15)8-14-13(20)17-5-3-4-11(17)12(18)19/h10-11H,3-9H2,1-2H3,(H,14,20)(H,18,19)/t10?,11-/m0/s1. The van der Waals surface area contributed by atoms with Crippen LogP contribution in [0, 0.1) is 0 Å². The summed E-state index contributed by atoms with van der Waals surface area (Å²) in [7, 11) is 4.13. The maximum atomic E-state index is 12.1. The lowest BCUT2D eigenvalue weighted by atomic mass is 10.2. The second-order valence-corrected chi connectivity index (χ2v) is 5.77. The van der Waals surface area contributed by atoms with Gasteiger partial charge in [0.15, 0.2) is 0 Å². The van der Waals surface area contributed by atoms with Crippen molar-refractivity contribution in [1.82, 2.24) is 20.0 Å². The number of likely N-dealkylation sites (tertiary alicyclic amines) is 1. The molecule has 0 saturated carbocycles. The zero-order valence-electron chi connectivity index (χ0n) is 12.2. The summed E-state index contributed by atoms with van der Waals surface area (Å²) >= 11 is 0. The molecular formula is C13H24N4O3. The van der Waals surface area contributed by atoms with Crippen LogP contribution < -0.4 is 5.32 Å². The second-order valence-electron chi connectivity index (χ2n) is 5.77. The number of carboxylic acid groups (broad SMARTS) is 1. The Morgan fingerprint density at radius 2 is 2.00 bits per heavy atom. The number of amides is 2. The van der Waals surface area contributed by atoms with Gasteiger partial charge in [-0.2, -0.15) is 0 Å². The lowest BCUT2D eigenvalue weighted by molar-refractivity contribution is -0.141. The first-order chi connectivity index (χ1) is 9.49. The first kappa shape index (κ1) is 15.1. The van der Waals surface area contributed by atoms with E-state index in [1.54, 1.807) is 0 Å². The van der Waals surface area contributed by atoms with Crippen molar-refractivity contribution in [2.45, 2.75) is 24.9 Å². The summed E-state index contributed by atoms with van der Waals surface area (Å²) in [5, 5.41) is 12.0. The Bertz CT molecular complexity index is 377. The fraction of sp³-hybridized carbons (Fsp3) is 0.846. The predicted octanol–water partition coefficient (Wildman–Crippen LogP) is -0.509. The molecule has 2 rings (SSSR count). The minimum absolute atomic E-state index is 0.253. The number of nitrogens with zero attached hydrogens (tertiary/aromatic N) is 3. The van der Waals surface area contributed by atoms with E-state index in [-0.39, 0.29) is 12.1 Å². The molecule has 2 aliphatic heterocycles. The number of urea groups is 1. The molecule has 2 saturated heterocycles. The molecule has 1 unspecified atom stereocenters. The van der Waals surface area contributed by atoms with E-state index in [1.807, 2.05) is 0 Å². The number of rotatable bonds is 3. The summed E-state index contributed by atoms with van der Waals surface area (Å²) in [6.45, 7) is 4.03. The highest BCUT2D eigenvalue weighted by Crippen LogP contribution is 2.17. The molecule has 20 heavy (non-hydrogen) atoms. The molecule has 0 bridgehead atoms. The average molecular weight is 284 g/mol. The molecule has 2 heterocycles. The highest BCUT2D eigenvalue weighted by molar-refractivity contribution is 5.83. The molecule has 0 aromatic rings. The summed E-state index contributed by atoms with van der Waals surface area (Å²) < 4.78 is 0. The summed E-state index contributed by atoms with van der Waals surface area (Å²) in [5.74, 6) is -0.910. The summed E-state index contributed by atoms with van der Waals surface area (Å²) in [5.41, 5.74) is 0. The Morgan fingerprint density at radius 1 is 1.25 bits per heavy atom. The third-order valence-electron chi connectivity index (χ3n) is 4.27. The Balaban J connectivity index is 1.84. The van der Waals surface area contributed by atoms with Crippen molar-refractivity contribution in [1.29, 1.82) is 0 Å². The Labute approximate surface area is 119 Å². The smallest absolute Gasteiger partial charge is 0.326 e. The summed E-state index contributed by atoms with van der Waals surface area (Å²) in [4.78, 5) is 29.1. The molecule has 114 valence electrons. The first-order valence-electron chi connectivity index (χ1n) is 7.15. The number of hydrogen-bond acceptors (Lipinski definition) is 4. The molecule has 7 heteroatoms. The third-order valence-corrected chi connectivity index (χ3v) is 4.27. The molecular weight excluding hydrogens is 260 g/mol. The van der Waals surface area contributed by atoms with E-state index in [2.05, 4.69) is 29.2 Å². The van der Waals surface area contributed by atoms with Gasteiger partial charge in [-0.15, -0.1) is 0 Å². The lowest BCUT2D eigenvalue weighted by Crippen LogP contribution is -2.56. The number of piperazine rings is 1. The van der Waals surface area contributed by atoms with E-state index in [0.29, 0.717) is 19.5 Å². The number of carboxylic acids is 1. The number of nitrogens with one attached hydrogen (secondary N) is 1. The van der Waals surface area contributed by atoms with Crippen molar-refractivity contribution in [2.75, 3.05) is 46.8 Å². The van der Waals surface area contributed by atoms with Gasteiger partial charge in [0, 0.05) is 38.8 Å². The van der Waals surface area contributed by atoms with Gasteiger partial charge in [-0.05, 0) is 26.9 Å². The SMILES string of the molecule is CN1CCN(C)C(CNC(=O)N2CCC[C@H]2C(=O)O)C1. The predicted molar refractivity (Wildman–Crippen MR) is 74.7 cm³/mol. The van der Waals surface area contributed by atoms with Crippen LogP contribution >= 0.6 is 0 Å². The fourth-order valence-corrected chi connectivity index (χ4v) is 2.90. The molecule has 0 radical (unpaired) electrons. The quantitative estimate of drug-likeness (QED) is 0.730. The van der Waals surface area contributed by atoms with Gasteiger partial charge in [0.2, 0.25) is 0 Å². The minimum atomic E-state index is -0.910. The van der Waals surface area contributed by atoms with E-state index < -0.39 is 12.0 Å². The molecule has 7 nitrogen and oxygen atoms in total. The zero-order chi connectivity index (χ0) is 14.7. The van der Waals surface area contributed by atoms with E-state index >= 15 is 0 Å². The van der Waals surface area contributed by atoms with Crippen LogP contribution in [0.4, 0.5) is 4.79 Å². The van der Waals surface area contributed by atoms with Crippen LogP contribution in [-0.4, -0.2) is 90.7 Å². The van der Waals surface area contributed by atoms with E-state index in [9.17, 15) is 9.59 Å². The maximum absolute atomic E-state index is 12.1. The minimum Gasteiger partial charge on any atom is -0.480 e. The van der Waals surface area contributed by atoms with Crippen LogP contribution in [0.15, 0.2) is 0 Å². The summed E-state index contributed by atoms with van der Waals surface area (Å²) in [6, 6.07) is -0.637. The van der Waals surface area contributed by atoms with E-state index in [0.717, 1.165) is 26.1 Å². The van der Waals surface area contributed by atoms with Crippen LogP contribution in [-0.2, 0) is 4.79 Å². The Kier molecular flexibility index (Phi) is 4.82. The molecule has 2 amide bonds. The molecule has 0 aliphatic carbocycles. The highest BCUT2D eigenvalue weighted by Gasteiger charge is 2.34. The number of carbonyl (C=O) groups is 2. The van der Waals surface area contributed by atoms with Gasteiger partial charge in [0.05, 0.1) is 0 Å². The molecule has 0 spiro atoms. The van der Waals surface area contributed by atoms with Crippen LogP contribution in [0.25, 0.3) is 0 Å². The number of aliphatic carboxylic acids is 1. The second kappa shape index (κ2) is 6.41. The Morgan fingerprint density at radius 3 is 2.70 bits per heavy atom. The number of likely N-dealkylation sites (N-methyl/N-ethyl adjacent to an activating group) is 2. The van der Waals surface area contributed by atoms with Crippen molar-refractivity contribution >= 4 is 12.0 Å². The van der Waals surface area contributed by atoms with Crippen LogP contribution in [0.5, 0.6) is 0 Å². The van der Waals surface area contributed by atoms with Crippen LogP contribution in [0.3, 0.4) is 0 Å².